The van der Waals surface area contributed by atoms with Gasteiger partial charge in [0.05, 0.1) is 20.3 Å². The number of phenolic OH excluding ortho intramolecular Hbond substituents is 1. The Kier molecular flexibility index (Phi) is 6.76. The van der Waals surface area contributed by atoms with Crippen LogP contribution in [-0.2, 0) is 10.0 Å². The van der Waals surface area contributed by atoms with E-state index < -0.39 is 10.0 Å². The molecule has 0 saturated heterocycles. The predicted molar refractivity (Wildman–Crippen MR) is 125 cm³/mol. The molecule has 3 aromatic carbocycles. The Morgan fingerprint density at radius 1 is 1.03 bits per heavy atom. The van der Waals surface area contributed by atoms with Gasteiger partial charge in [0.25, 0.3) is 0 Å². The molecule has 0 radical (unpaired) electrons. The Hall–Kier alpha value is -2.07. The summed E-state index contributed by atoms with van der Waals surface area (Å²) < 4.78 is 31.1. The van der Waals surface area contributed by atoms with E-state index in [-0.39, 0.29) is 16.6 Å². The maximum Gasteiger partial charge on any atom is 0.240 e. The summed E-state index contributed by atoms with van der Waals surface area (Å²) in [6.07, 6.45) is 0. The third kappa shape index (κ3) is 4.97. The zero-order valence-electron chi connectivity index (χ0n) is 16.2. The number of rotatable bonds is 6. The largest absolute Gasteiger partial charge is 0.508 e. The molecule has 30 heavy (non-hydrogen) atoms. The Labute approximate surface area is 192 Å². The van der Waals surface area contributed by atoms with Crippen LogP contribution in [0.25, 0.3) is 0 Å². The number of nitrogens with two attached hydrogens (primary N) is 1. The first-order chi connectivity index (χ1) is 14.1. The molecule has 6 nitrogen and oxygen atoms in total. The van der Waals surface area contributed by atoms with Crippen molar-refractivity contribution in [3.05, 3.63) is 69.1 Å². The Morgan fingerprint density at radius 2 is 1.73 bits per heavy atom. The number of hydrogen-bond acceptors (Lipinski definition) is 5. The highest BCUT2D eigenvalue weighted by molar-refractivity contribution is 9.11. The number of phenols is 1. The number of aromatic hydroxyl groups is 1. The highest BCUT2D eigenvalue weighted by Gasteiger charge is 2.18. The molecule has 0 amide bonds. The van der Waals surface area contributed by atoms with Crippen LogP contribution in [-0.4, -0.2) is 13.5 Å². The topological polar surface area (TPSA) is 102 Å². The number of halogens is 2. The second-order valence-electron chi connectivity index (χ2n) is 6.88. The molecule has 0 heterocycles. The summed E-state index contributed by atoms with van der Waals surface area (Å²) in [5.41, 5.74) is 1.71. The summed E-state index contributed by atoms with van der Waals surface area (Å²) in [5, 5.41) is 18.5. The predicted octanol–water partition coefficient (Wildman–Crippen LogP) is 6.22. The molecule has 0 atom stereocenters. The summed E-state index contributed by atoms with van der Waals surface area (Å²) in [6, 6.07) is 15.0. The van der Waals surface area contributed by atoms with Gasteiger partial charge in [0, 0.05) is 5.56 Å². The van der Waals surface area contributed by atoms with Crippen LogP contribution in [0.4, 0.5) is 11.4 Å². The number of hydrogen-bond donors (Lipinski definition) is 3. The van der Waals surface area contributed by atoms with Gasteiger partial charge in [-0.05, 0) is 80.2 Å². The molecule has 158 valence electrons. The van der Waals surface area contributed by atoms with E-state index in [0.29, 0.717) is 31.8 Å². The lowest BCUT2D eigenvalue weighted by Gasteiger charge is -2.17. The van der Waals surface area contributed by atoms with Crippen molar-refractivity contribution in [3.8, 4) is 17.2 Å². The second-order valence-corrected chi connectivity index (χ2v) is 10.1. The van der Waals surface area contributed by atoms with Gasteiger partial charge in [-0.15, -0.1) is 0 Å². The van der Waals surface area contributed by atoms with E-state index >= 15 is 0 Å². The van der Waals surface area contributed by atoms with Gasteiger partial charge in [-0.2, -0.15) is 0 Å². The zero-order valence-corrected chi connectivity index (χ0v) is 20.2. The van der Waals surface area contributed by atoms with Crippen molar-refractivity contribution in [2.24, 2.45) is 5.14 Å². The van der Waals surface area contributed by atoms with Gasteiger partial charge < -0.3 is 15.2 Å². The van der Waals surface area contributed by atoms with Crippen LogP contribution >= 0.6 is 31.9 Å². The van der Waals surface area contributed by atoms with E-state index in [1.54, 1.807) is 48.5 Å². The van der Waals surface area contributed by atoms with Crippen LogP contribution in [0.5, 0.6) is 17.2 Å². The molecule has 0 aromatic heterocycles. The highest BCUT2D eigenvalue weighted by atomic mass is 79.9. The van der Waals surface area contributed by atoms with Crippen molar-refractivity contribution in [3.63, 3.8) is 0 Å². The smallest absolute Gasteiger partial charge is 0.240 e. The number of benzene rings is 3. The monoisotopic (exact) mass is 554 g/mol. The maximum atomic E-state index is 11.9. The molecule has 0 saturated carbocycles. The van der Waals surface area contributed by atoms with E-state index in [0.717, 1.165) is 5.56 Å². The molecule has 0 bridgehead atoms. The first-order valence-electron chi connectivity index (χ1n) is 8.95. The van der Waals surface area contributed by atoms with Crippen LogP contribution in [0.3, 0.4) is 0 Å². The highest BCUT2D eigenvalue weighted by Crippen LogP contribution is 2.43. The summed E-state index contributed by atoms with van der Waals surface area (Å²) in [5.74, 6) is 1.39. The minimum absolute atomic E-state index is 0.0117. The van der Waals surface area contributed by atoms with Crippen molar-refractivity contribution in [2.75, 3.05) is 5.32 Å². The molecule has 0 fully saturated rings. The fraction of sp³-hybridized carbons (Fsp3) is 0.143. The van der Waals surface area contributed by atoms with Gasteiger partial charge >= 0.3 is 0 Å². The lowest BCUT2D eigenvalue weighted by molar-refractivity contribution is 0.453. The Morgan fingerprint density at radius 3 is 2.40 bits per heavy atom. The van der Waals surface area contributed by atoms with E-state index in [1.807, 2.05) is 13.8 Å². The molecule has 0 spiro atoms. The molecule has 3 rings (SSSR count). The van der Waals surface area contributed by atoms with Crippen molar-refractivity contribution < 1.29 is 18.3 Å². The summed E-state index contributed by atoms with van der Waals surface area (Å²) in [4.78, 5) is -0.0117. The second kappa shape index (κ2) is 8.97. The number of sulfonamides is 1. The number of nitrogens with one attached hydrogen (secondary N) is 1. The normalized spacial score (nSPS) is 11.5. The van der Waals surface area contributed by atoms with Crippen LogP contribution in [0.15, 0.2) is 68.4 Å². The summed E-state index contributed by atoms with van der Waals surface area (Å²) in [6.45, 7) is 3.97. The number of anilines is 2. The summed E-state index contributed by atoms with van der Waals surface area (Å²) in [7, 11) is -3.89. The molecular weight excluding hydrogens is 536 g/mol. The van der Waals surface area contributed by atoms with Crippen molar-refractivity contribution in [1.82, 2.24) is 0 Å². The molecule has 0 aliphatic carbocycles. The first-order valence-corrected chi connectivity index (χ1v) is 12.1. The van der Waals surface area contributed by atoms with Gasteiger partial charge in [0.15, 0.2) is 5.75 Å². The zero-order chi connectivity index (χ0) is 22.1. The van der Waals surface area contributed by atoms with Crippen molar-refractivity contribution in [2.45, 2.75) is 24.7 Å². The molecule has 3 aromatic rings. The average Bonchev–Trinajstić information content (AvgIpc) is 2.68. The van der Waals surface area contributed by atoms with E-state index in [4.69, 9.17) is 9.88 Å². The quantitative estimate of drug-likeness (QED) is 0.335. The average molecular weight is 556 g/mol. The standard InChI is InChI=1S/C21H20Br2N2O4S/c1-12(2)14-11-13(7-10-18(14)26)29-21-15(22)8-9-17(20(21)23)25-16-5-3-4-6-19(16)30(24,27)28/h3-12,25-26H,1-2H3,(H2,24,27,28). The third-order valence-electron chi connectivity index (χ3n) is 4.35. The van der Waals surface area contributed by atoms with E-state index in [2.05, 4.69) is 37.2 Å². The Bertz CT molecular complexity index is 1200. The molecular formula is C21H20Br2N2O4S. The van der Waals surface area contributed by atoms with Gasteiger partial charge in [0.1, 0.15) is 16.4 Å². The minimum atomic E-state index is -3.89. The number of para-hydroxylation sites is 1. The van der Waals surface area contributed by atoms with Gasteiger partial charge in [-0.3, -0.25) is 0 Å². The van der Waals surface area contributed by atoms with Crippen molar-refractivity contribution in [1.29, 1.82) is 0 Å². The van der Waals surface area contributed by atoms with Crippen molar-refractivity contribution >= 4 is 53.3 Å². The van der Waals surface area contributed by atoms with Gasteiger partial charge in [0.2, 0.25) is 10.0 Å². The molecule has 0 aliphatic rings. The van der Waals surface area contributed by atoms with Crippen LogP contribution < -0.4 is 15.2 Å². The van der Waals surface area contributed by atoms with Crippen LogP contribution in [0, 0.1) is 0 Å². The molecule has 0 unspecified atom stereocenters. The number of ether oxygens (including phenoxy) is 1. The third-order valence-corrected chi connectivity index (χ3v) is 6.73. The van der Waals surface area contributed by atoms with Gasteiger partial charge in [-0.1, -0.05) is 26.0 Å². The Balaban J connectivity index is 1.99. The molecule has 4 N–H and O–H groups in total. The first kappa shape index (κ1) is 22.6. The SMILES string of the molecule is CC(C)c1cc(Oc2c(Br)ccc(Nc3ccccc3S(N)(=O)=O)c2Br)ccc1O. The van der Waals surface area contributed by atoms with E-state index in [1.165, 1.54) is 6.07 Å². The lowest BCUT2D eigenvalue weighted by Crippen LogP contribution is -2.14. The van der Waals surface area contributed by atoms with E-state index in [9.17, 15) is 13.5 Å². The lowest BCUT2D eigenvalue weighted by atomic mass is 10.0. The van der Waals surface area contributed by atoms with Gasteiger partial charge in [-0.25, -0.2) is 13.6 Å². The molecule has 0 aliphatic heterocycles. The van der Waals surface area contributed by atoms with Crippen LogP contribution in [0.1, 0.15) is 25.3 Å². The fourth-order valence-corrected chi connectivity index (χ4v) is 4.76. The van der Waals surface area contributed by atoms with Crippen LogP contribution in [0.2, 0.25) is 0 Å². The number of primary sulfonamides is 1. The summed E-state index contributed by atoms with van der Waals surface area (Å²) >= 11 is 7.02. The fourth-order valence-electron chi connectivity index (χ4n) is 2.86. The molecule has 9 heteroatoms. The maximum absolute atomic E-state index is 11.9. The minimum Gasteiger partial charge on any atom is -0.508 e.